The van der Waals surface area contributed by atoms with Gasteiger partial charge in [-0.2, -0.15) is 0 Å². The zero-order valence-corrected chi connectivity index (χ0v) is 21.6. The zero-order chi connectivity index (χ0) is 25.7. The number of hydrogen-bond acceptors (Lipinski definition) is 8. The Morgan fingerprint density at radius 1 is 1.17 bits per heavy atom. The lowest BCUT2D eigenvalue weighted by Crippen LogP contribution is -2.49. The molecule has 0 aliphatic carbocycles. The molecule has 1 aliphatic heterocycles. The molecule has 10 heteroatoms. The molecule has 4 rings (SSSR count). The standard InChI is InChI=1S/C26H31ClN4O5/c1-4-34-26(33)22-23(30-11-13-31(14-12-30)25(32)21-7-5-15-35-21)19-17-18(27)8-9-20(19)28-24(22)36-16-6-10-29(2)3/h5,7-9,15,17H,4,6,10-14,16H2,1-3H3. The number of hydrogen-bond donors (Lipinski definition) is 0. The summed E-state index contributed by atoms with van der Waals surface area (Å²) in [5.41, 5.74) is 1.61. The third-order valence-electron chi connectivity index (χ3n) is 5.97. The molecule has 1 aliphatic rings. The number of carbonyl (C=O) groups is 2. The van der Waals surface area contributed by atoms with Crippen molar-refractivity contribution in [2.24, 2.45) is 0 Å². The second kappa shape index (κ2) is 11.6. The van der Waals surface area contributed by atoms with Crippen molar-refractivity contribution in [3.63, 3.8) is 0 Å². The molecule has 9 nitrogen and oxygen atoms in total. The molecule has 0 unspecified atom stereocenters. The number of fused-ring (bicyclic) bond motifs is 1. The van der Waals surface area contributed by atoms with Gasteiger partial charge in [-0.25, -0.2) is 9.78 Å². The summed E-state index contributed by atoms with van der Waals surface area (Å²) in [4.78, 5) is 36.6. The van der Waals surface area contributed by atoms with Gasteiger partial charge >= 0.3 is 5.97 Å². The molecular weight excluding hydrogens is 484 g/mol. The number of amides is 1. The molecule has 36 heavy (non-hydrogen) atoms. The van der Waals surface area contributed by atoms with Crippen LogP contribution in [0.4, 0.5) is 5.69 Å². The number of esters is 1. The van der Waals surface area contributed by atoms with Gasteiger partial charge in [-0.05, 0) is 57.8 Å². The maximum Gasteiger partial charge on any atom is 0.345 e. The molecule has 0 spiro atoms. The van der Waals surface area contributed by atoms with E-state index < -0.39 is 5.97 Å². The first-order valence-electron chi connectivity index (χ1n) is 12.0. The smallest absolute Gasteiger partial charge is 0.345 e. The van der Waals surface area contributed by atoms with Gasteiger partial charge in [-0.1, -0.05) is 11.6 Å². The molecule has 3 heterocycles. The van der Waals surface area contributed by atoms with Crippen LogP contribution in [0.5, 0.6) is 5.88 Å². The lowest BCUT2D eigenvalue weighted by Gasteiger charge is -2.37. The number of piperazine rings is 1. The van der Waals surface area contributed by atoms with Crippen LogP contribution in [0.3, 0.4) is 0 Å². The summed E-state index contributed by atoms with van der Waals surface area (Å²) < 4.78 is 16.8. The van der Waals surface area contributed by atoms with Crippen molar-refractivity contribution < 1.29 is 23.5 Å². The Morgan fingerprint density at radius 2 is 1.94 bits per heavy atom. The highest BCUT2D eigenvalue weighted by Gasteiger charge is 2.31. The number of halogens is 1. The maximum absolute atomic E-state index is 13.2. The van der Waals surface area contributed by atoms with Gasteiger partial charge in [0.1, 0.15) is 5.56 Å². The van der Waals surface area contributed by atoms with Gasteiger partial charge in [-0.3, -0.25) is 4.79 Å². The Balaban J connectivity index is 1.70. The number of carbonyl (C=O) groups excluding carboxylic acids is 2. The number of nitrogens with zero attached hydrogens (tertiary/aromatic N) is 4. The molecule has 1 saturated heterocycles. The van der Waals surface area contributed by atoms with E-state index in [0.29, 0.717) is 54.8 Å². The lowest BCUT2D eigenvalue weighted by atomic mass is 10.1. The van der Waals surface area contributed by atoms with Crippen molar-refractivity contribution >= 4 is 40.1 Å². The van der Waals surface area contributed by atoms with Crippen molar-refractivity contribution in [3.05, 3.63) is 52.9 Å². The van der Waals surface area contributed by atoms with E-state index in [0.717, 1.165) is 18.4 Å². The predicted octanol–water partition coefficient (Wildman–Crippen LogP) is 3.95. The van der Waals surface area contributed by atoms with E-state index in [9.17, 15) is 9.59 Å². The Labute approximate surface area is 215 Å². The van der Waals surface area contributed by atoms with Crippen LogP contribution < -0.4 is 9.64 Å². The second-order valence-corrected chi connectivity index (χ2v) is 9.22. The first kappa shape index (κ1) is 25.8. The third-order valence-corrected chi connectivity index (χ3v) is 6.20. The van der Waals surface area contributed by atoms with Gasteiger partial charge in [0.2, 0.25) is 5.88 Å². The highest BCUT2D eigenvalue weighted by Crippen LogP contribution is 2.38. The predicted molar refractivity (Wildman–Crippen MR) is 138 cm³/mol. The van der Waals surface area contributed by atoms with E-state index in [1.165, 1.54) is 6.26 Å². The quantitative estimate of drug-likeness (QED) is 0.313. The molecule has 0 N–H and O–H groups in total. The number of ether oxygens (including phenoxy) is 2. The fourth-order valence-corrected chi connectivity index (χ4v) is 4.43. The largest absolute Gasteiger partial charge is 0.477 e. The van der Waals surface area contributed by atoms with Crippen molar-refractivity contribution in [2.75, 3.05) is 64.9 Å². The molecule has 1 amide bonds. The minimum absolute atomic E-state index is 0.155. The average Bonchev–Trinajstić information content (AvgIpc) is 3.41. The Morgan fingerprint density at radius 3 is 2.61 bits per heavy atom. The van der Waals surface area contributed by atoms with Gasteiger partial charge in [0.15, 0.2) is 5.76 Å². The first-order chi connectivity index (χ1) is 17.4. The van der Waals surface area contributed by atoms with Crippen molar-refractivity contribution in [3.8, 4) is 5.88 Å². The van der Waals surface area contributed by atoms with Crippen LogP contribution >= 0.6 is 11.6 Å². The van der Waals surface area contributed by atoms with E-state index in [1.807, 2.05) is 20.2 Å². The molecular formula is C26H31ClN4O5. The van der Waals surface area contributed by atoms with Crippen LogP contribution in [0.15, 0.2) is 41.0 Å². The van der Waals surface area contributed by atoms with Crippen LogP contribution in [-0.2, 0) is 4.74 Å². The molecule has 2 aromatic heterocycles. The van der Waals surface area contributed by atoms with E-state index in [-0.39, 0.29) is 24.0 Å². The van der Waals surface area contributed by atoms with Crippen LogP contribution in [0.2, 0.25) is 5.02 Å². The second-order valence-electron chi connectivity index (χ2n) is 8.78. The molecule has 3 aromatic rings. The van der Waals surface area contributed by atoms with Gasteiger partial charge in [0, 0.05) is 43.1 Å². The van der Waals surface area contributed by atoms with Crippen molar-refractivity contribution in [1.29, 1.82) is 0 Å². The third kappa shape index (κ3) is 5.74. The SMILES string of the molecule is CCOC(=O)c1c(OCCCN(C)C)nc2ccc(Cl)cc2c1N1CCN(C(=O)c2ccco2)CC1. The maximum atomic E-state index is 13.2. The number of pyridine rings is 1. The first-order valence-corrected chi connectivity index (χ1v) is 12.4. The topological polar surface area (TPSA) is 88.4 Å². The van der Waals surface area contributed by atoms with Crippen LogP contribution in [0.1, 0.15) is 34.3 Å². The van der Waals surface area contributed by atoms with Crippen LogP contribution in [0.25, 0.3) is 10.9 Å². The summed E-state index contributed by atoms with van der Waals surface area (Å²) in [6.45, 7) is 5.17. The Bertz CT molecular complexity index is 1210. The van der Waals surface area contributed by atoms with Gasteiger partial charge in [0.05, 0.1) is 30.7 Å². The minimum atomic E-state index is -0.501. The fourth-order valence-electron chi connectivity index (χ4n) is 4.26. The molecule has 0 radical (unpaired) electrons. The highest BCUT2D eigenvalue weighted by atomic mass is 35.5. The number of anilines is 1. The molecule has 1 aromatic carbocycles. The number of aromatic nitrogens is 1. The van der Waals surface area contributed by atoms with Crippen LogP contribution in [0, 0.1) is 0 Å². The lowest BCUT2D eigenvalue weighted by molar-refractivity contribution is 0.0520. The molecule has 1 fully saturated rings. The number of rotatable bonds is 9. The monoisotopic (exact) mass is 514 g/mol. The average molecular weight is 515 g/mol. The Hall–Kier alpha value is -3.30. The van der Waals surface area contributed by atoms with E-state index in [2.05, 4.69) is 14.8 Å². The van der Waals surface area contributed by atoms with Crippen molar-refractivity contribution in [1.82, 2.24) is 14.8 Å². The minimum Gasteiger partial charge on any atom is -0.477 e. The normalized spacial score (nSPS) is 13.9. The summed E-state index contributed by atoms with van der Waals surface area (Å²) in [5.74, 6) is -0.104. The van der Waals surface area contributed by atoms with Crippen LogP contribution in [-0.4, -0.2) is 86.7 Å². The number of benzene rings is 1. The van der Waals surface area contributed by atoms with Gasteiger partial charge in [-0.15, -0.1) is 0 Å². The summed E-state index contributed by atoms with van der Waals surface area (Å²) in [6, 6.07) is 8.74. The molecule has 192 valence electrons. The van der Waals surface area contributed by atoms with Gasteiger partial charge < -0.3 is 28.6 Å². The highest BCUT2D eigenvalue weighted by molar-refractivity contribution is 6.31. The van der Waals surface area contributed by atoms with Crippen molar-refractivity contribution in [2.45, 2.75) is 13.3 Å². The van der Waals surface area contributed by atoms with E-state index in [4.69, 9.17) is 25.5 Å². The molecule has 0 bridgehead atoms. The summed E-state index contributed by atoms with van der Waals surface area (Å²) in [7, 11) is 3.99. The molecule has 0 saturated carbocycles. The zero-order valence-electron chi connectivity index (χ0n) is 20.8. The fraction of sp³-hybridized carbons (Fsp3) is 0.423. The summed E-state index contributed by atoms with van der Waals surface area (Å²) >= 11 is 6.35. The summed E-state index contributed by atoms with van der Waals surface area (Å²) in [6.07, 6.45) is 2.26. The Kier molecular flexibility index (Phi) is 8.32. The van der Waals surface area contributed by atoms with E-state index >= 15 is 0 Å². The number of furan rings is 1. The van der Waals surface area contributed by atoms with Gasteiger partial charge in [0.25, 0.3) is 5.91 Å². The van der Waals surface area contributed by atoms with E-state index in [1.54, 1.807) is 36.1 Å². The summed E-state index contributed by atoms with van der Waals surface area (Å²) in [5, 5.41) is 1.27. The molecule has 0 atom stereocenters.